The summed E-state index contributed by atoms with van der Waals surface area (Å²) in [7, 11) is 2.90. The second kappa shape index (κ2) is 13.2. The van der Waals surface area contributed by atoms with Crippen LogP contribution in [0.5, 0.6) is 0 Å². The van der Waals surface area contributed by atoms with Crippen molar-refractivity contribution in [2.75, 3.05) is 39.5 Å². The summed E-state index contributed by atoms with van der Waals surface area (Å²) < 4.78 is 4.47. The van der Waals surface area contributed by atoms with Crippen molar-refractivity contribution in [1.82, 2.24) is 10.2 Å². The molecular weight excluding hydrogens is 374 g/mol. The normalized spacial score (nSPS) is 10.8. The van der Waals surface area contributed by atoms with Crippen LogP contribution < -0.4 is 5.32 Å². The van der Waals surface area contributed by atoms with Gasteiger partial charge < -0.3 is 15.0 Å². The number of hydrogen-bond acceptors (Lipinski definition) is 8. The molecule has 0 unspecified atom stereocenters. The van der Waals surface area contributed by atoms with Crippen LogP contribution in [-0.4, -0.2) is 67.3 Å². The third kappa shape index (κ3) is 12.9. The zero-order valence-electron chi connectivity index (χ0n) is 16.4. The van der Waals surface area contributed by atoms with Crippen LogP contribution in [-0.2, 0) is 23.9 Å². The standard InChI is InChI=1S/C17H29N3O6S/c1-17(2,12-19-25)11-13(21)18-8-7-14(22)20(3)9-10-27-16(24)6-5-15(23)26-4/h5-12H2,1-4H3,(H,18,21). The van der Waals surface area contributed by atoms with Crippen LogP contribution in [0.1, 0.15) is 39.5 Å². The van der Waals surface area contributed by atoms with Crippen molar-refractivity contribution in [3.8, 4) is 0 Å². The van der Waals surface area contributed by atoms with Crippen LogP contribution in [0, 0.1) is 10.3 Å². The Kier molecular flexibility index (Phi) is 12.3. The van der Waals surface area contributed by atoms with Gasteiger partial charge in [-0.15, -0.1) is 0 Å². The number of thioether (sulfide) groups is 1. The van der Waals surface area contributed by atoms with E-state index in [1.54, 1.807) is 20.9 Å². The lowest BCUT2D eigenvalue weighted by Gasteiger charge is -2.20. The Labute approximate surface area is 163 Å². The van der Waals surface area contributed by atoms with Gasteiger partial charge in [0.05, 0.1) is 20.1 Å². The highest BCUT2D eigenvalue weighted by Gasteiger charge is 2.22. The maximum atomic E-state index is 12.0. The molecule has 9 nitrogen and oxygen atoms in total. The van der Waals surface area contributed by atoms with Crippen LogP contribution in [0.2, 0.25) is 0 Å². The number of amides is 2. The van der Waals surface area contributed by atoms with Crippen molar-refractivity contribution in [3.05, 3.63) is 4.91 Å². The van der Waals surface area contributed by atoms with Gasteiger partial charge in [0.2, 0.25) is 11.8 Å². The predicted molar refractivity (Wildman–Crippen MR) is 103 cm³/mol. The van der Waals surface area contributed by atoms with Crippen LogP contribution in [0.25, 0.3) is 0 Å². The van der Waals surface area contributed by atoms with E-state index in [-0.39, 0.29) is 55.7 Å². The molecule has 1 N–H and O–H groups in total. The van der Waals surface area contributed by atoms with Gasteiger partial charge in [-0.25, -0.2) is 0 Å². The number of ether oxygens (including phenoxy) is 1. The number of nitroso groups, excluding NO2 is 1. The van der Waals surface area contributed by atoms with E-state index in [1.165, 1.54) is 12.0 Å². The lowest BCUT2D eigenvalue weighted by molar-refractivity contribution is -0.141. The molecule has 0 saturated heterocycles. The summed E-state index contributed by atoms with van der Waals surface area (Å²) in [5.41, 5.74) is -0.510. The molecule has 0 saturated carbocycles. The fourth-order valence-corrected chi connectivity index (χ4v) is 2.87. The molecule has 0 heterocycles. The van der Waals surface area contributed by atoms with Crippen LogP contribution in [0.3, 0.4) is 0 Å². The quantitative estimate of drug-likeness (QED) is 0.364. The Morgan fingerprint density at radius 3 is 2.41 bits per heavy atom. The maximum Gasteiger partial charge on any atom is 0.305 e. The van der Waals surface area contributed by atoms with Gasteiger partial charge in [-0.2, -0.15) is 4.91 Å². The van der Waals surface area contributed by atoms with Crippen molar-refractivity contribution in [3.63, 3.8) is 0 Å². The summed E-state index contributed by atoms with van der Waals surface area (Å²) in [5.74, 6) is -0.372. The molecule has 0 radical (unpaired) electrons. The van der Waals surface area contributed by atoms with E-state index in [4.69, 9.17) is 0 Å². The second-order valence-electron chi connectivity index (χ2n) is 6.84. The fourth-order valence-electron chi connectivity index (χ4n) is 2.03. The van der Waals surface area contributed by atoms with Crippen molar-refractivity contribution in [2.45, 2.75) is 39.5 Å². The van der Waals surface area contributed by atoms with Crippen LogP contribution >= 0.6 is 11.8 Å². The van der Waals surface area contributed by atoms with Gasteiger partial charge in [0.25, 0.3) is 0 Å². The minimum Gasteiger partial charge on any atom is -0.469 e. The molecule has 0 atom stereocenters. The highest BCUT2D eigenvalue weighted by Crippen LogP contribution is 2.20. The molecule has 0 aliphatic rings. The molecule has 0 aromatic heterocycles. The first kappa shape index (κ1) is 25.0. The molecule has 0 rings (SSSR count). The summed E-state index contributed by atoms with van der Waals surface area (Å²) >= 11 is 1.07. The minimum atomic E-state index is -0.510. The van der Waals surface area contributed by atoms with Gasteiger partial charge in [-0.1, -0.05) is 30.8 Å². The Balaban J connectivity index is 3.95. The van der Waals surface area contributed by atoms with Gasteiger partial charge in [0, 0.05) is 45.2 Å². The molecule has 154 valence electrons. The van der Waals surface area contributed by atoms with E-state index in [9.17, 15) is 24.1 Å². The zero-order valence-corrected chi connectivity index (χ0v) is 17.2. The van der Waals surface area contributed by atoms with Crippen molar-refractivity contribution in [2.24, 2.45) is 10.6 Å². The molecule has 0 spiro atoms. The fraction of sp³-hybridized carbons (Fsp3) is 0.765. The Morgan fingerprint density at radius 2 is 1.81 bits per heavy atom. The number of nitrogens with zero attached hydrogens (tertiary/aromatic N) is 2. The highest BCUT2D eigenvalue weighted by atomic mass is 32.2. The third-order valence-corrected chi connectivity index (χ3v) is 4.58. The lowest BCUT2D eigenvalue weighted by Crippen LogP contribution is -2.35. The summed E-state index contributed by atoms with van der Waals surface area (Å²) in [4.78, 5) is 58.2. The SMILES string of the molecule is COC(=O)CCC(=O)SCCN(C)C(=O)CCNC(=O)CC(C)(C)CN=O. The average molecular weight is 404 g/mol. The number of esters is 1. The summed E-state index contributed by atoms with van der Waals surface area (Å²) in [6.07, 6.45) is 0.468. The monoisotopic (exact) mass is 403 g/mol. The smallest absolute Gasteiger partial charge is 0.305 e. The summed E-state index contributed by atoms with van der Waals surface area (Å²) in [5, 5.41) is 5.35. The molecule has 0 aromatic rings. The van der Waals surface area contributed by atoms with Gasteiger partial charge in [0.15, 0.2) is 5.12 Å². The summed E-state index contributed by atoms with van der Waals surface area (Å²) in [6.45, 7) is 4.20. The van der Waals surface area contributed by atoms with Crippen LogP contribution in [0.15, 0.2) is 5.18 Å². The molecule has 10 heteroatoms. The molecule has 0 fully saturated rings. The molecule has 0 aromatic carbocycles. The number of hydrogen-bond donors (Lipinski definition) is 1. The summed E-state index contributed by atoms with van der Waals surface area (Å²) in [6, 6.07) is 0. The third-order valence-electron chi connectivity index (χ3n) is 3.67. The van der Waals surface area contributed by atoms with Crippen molar-refractivity contribution < 1.29 is 23.9 Å². The topological polar surface area (TPSA) is 122 Å². The van der Waals surface area contributed by atoms with E-state index in [0.717, 1.165) is 11.8 Å². The van der Waals surface area contributed by atoms with Crippen molar-refractivity contribution in [1.29, 1.82) is 0 Å². The number of carbonyl (C=O) groups is 4. The number of nitrogens with one attached hydrogen (secondary N) is 1. The van der Waals surface area contributed by atoms with E-state index in [0.29, 0.717) is 12.3 Å². The van der Waals surface area contributed by atoms with Gasteiger partial charge in [-0.3, -0.25) is 19.2 Å². The Bertz CT molecular complexity index is 539. The molecule has 2 amide bonds. The first-order valence-electron chi connectivity index (χ1n) is 8.63. The molecular formula is C17H29N3O6S. The molecule has 0 aliphatic heterocycles. The number of rotatable bonds is 13. The predicted octanol–water partition coefficient (Wildman–Crippen LogP) is 1.35. The number of methoxy groups -OCH3 is 1. The first-order valence-corrected chi connectivity index (χ1v) is 9.62. The van der Waals surface area contributed by atoms with Crippen LogP contribution in [0.4, 0.5) is 0 Å². The molecule has 0 aliphatic carbocycles. The van der Waals surface area contributed by atoms with Gasteiger partial charge in [0.1, 0.15) is 0 Å². The van der Waals surface area contributed by atoms with Gasteiger partial charge >= 0.3 is 5.97 Å². The largest absolute Gasteiger partial charge is 0.469 e. The van der Waals surface area contributed by atoms with E-state index in [2.05, 4.69) is 15.2 Å². The minimum absolute atomic E-state index is 0.0521. The van der Waals surface area contributed by atoms with E-state index >= 15 is 0 Å². The van der Waals surface area contributed by atoms with Gasteiger partial charge in [-0.05, 0) is 5.41 Å². The first-order chi connectivity index (χ1) is 12.6. The maximum absolute atomic E-state index is 12.0. The second-order valence-corrected chi connectivity index (χ2v) is 7.99. The van der Waals surface area contributed by atoms with E-state index in [1.807, 2.05) is 0 Å². The van der Waals surface area contributed by atoms with E-state index < -0.39 is 11.4 Å². The average Bonchev–Trinajstić information content (AvgIpc) is 2.58. The zero-order chi connectivity index (χ0) is 20.9. The highest BCUT2D eigenvalue weighted by molar-refractivity contribution is 8.13. The van der Waals surface area contributed by atoms with Crippen molar-refractivity contribution >= 4 is 34.7 Å². The molecule has 0 bridgehead atoms. The Morgan fingerprint density at radius 1 is 1.15 bits per heavy atom. The molecule has 27 heavy (non-hydrogen) atoms. The lowest BCUT2D eigenvalue weighted by atomic mass is 9.89. The number of carbonyl (C=O) groups excluding carboxylic acids is 4. The Hall–Kier alpha value is -1.97.